The first-order valence-corrected chi connectivity index (χ1v) is 10.1. The summed E-state index contributed by atoms with van der Waals surface area (Å²) < 4.78 is 0. The third-order valence-corrected chi connectivity index (χ3v) is 5.67. The third-order valence-electron chi connectivity index (χ3n) is 5.67. The highest BCUT2D eigenvalue weighted by atomic mass is 15.4. The van der Waals surface area contributed by atoms with E-state index in [1.165, 1.54) is 0 Å². The Bertz CT molecular complexity index is 881. The van der Waals surface area contributed by atoms with Gasteiger partial charge in [0.15, 0.2) is 0 Å². The van der Waals surface area contributed by atoms with Crippen LogP contribution in [0.5, 0.6) is 0 Å². The summed E-state index contributed by atoms with van der Waals surface area (Å²) in [6, 6.07) is 26.7. The van der Waals surface area contributed by atoms with Crippen LogP contribution in [0.25, 0.3) is 0 Å². The molecule has 4 rings (SSSR count). The second-order valence-electron chi connectivity index (χ2n) is 7.66. The van der Waals surface area contributed by atoms with Crippen molar-refractivity contribution in [3.05, 3.63) is 90.0 Å². The van der Waals surface area contributed by atoms with Crippen molar-refractivity contribution >= 4 is 17.1 Å². The van der Waals surface area contributed by atoms with Crippen LogP contribution in [0.4, 0.5) is 17.1 Å². The van der Waals surface area contributed by atoms with E-state index in [9.17, 15) is 0 Å². The van der Waals surface area contributed by atoms with Crippen LogP contribution in [0, 0.1) is 0 Å². The SMILES string of the molecule is CN1CCN(c2ccc(N)c(N(N)C(c3ccccc3)c3ccccc3)c2)CC1. The lowest BCUT2D eigenvalue weighted by Crippen LogP contribution is -2.44. The van der Waals surface area contributed by atoms with Crippen molar-refractivity contribution in [1.82, 2.24) is 4.90 Å². The van der Waals surface area contributed by atoms with E-state index in [4.69, 9.17) is 11.6 Å². The van der Waals surface area contributed by atoms with Crippen molar-refractivity contribution < 1.29 is 0 Å². The number of nitrogens with zero attached hydrogens (tertiary/aromatic N) is 3. The van der Waals surface area contributed by atoms with E-state index in [-0.39, 0.29) is 6.04 Å². The van der Waals surface area contributed by atoms with Gasteiger partial charge in [0, 0.05) is 31.9 Å². The third kappa shape index (κ3) is 4.21. The minimum atomic E-state index is -0.123. The average molecular weight is 388 g/mol. The predicted octanol–water partition coefficient (Wildman–Crippen LogP) is 3.49. The molecule has 3 aromatic rings. The van der Waals surface area contributed by atoms with Gasteiger partial charge in [0.25, 0.3) is 0 Å². The van der Waals surface area contributed by atoms with Crippen LogP contribution in [0.2, 0.25) is 0 Å². The standard InChI is InChI=1S/C24H29N5/c1-27-14-16-28(17-15-27)21-12-13-22(25)23(18-21)29(26)24(19-8-4-2-5-9-19)20-10-6-3-7-11-20/h2-13,18,24H,14-17,25-26H2,1H3. The van der Waals surface area contributed by atoms with Gasteiger partial charge in [-0.3, -0.25) is 5.01 Å². The molecule has 0 amide bonds. The van der Waals surface area contributed by atoms with Gasteiger partial charge < -0.3 is 15.5 Å². The summed E-state index contributed by atoms with van der Waals surface area (Å²) in [5.74, 6) is 6.75. The van der Waals surface area contributed by atoms with Crippen molar-refractivity contribution in [2.24, 2.45) is 5.84 Å². The smallest absolute Gasteiger partial charge is 0.0953 e. The molecule has 0 spiro atoms. The Morgan fingerprint density at radius 3 is 1.90 bits per heavy atom. The Hall–Kier alpha value is -3.02. The van der Waals surface area contributed by atoms with Gasteiger partial charge >= 0.3 is 0 Å². The molecule has 0 saturated carbocycles. The van der Waals surface area contributed by atoms with Crippen molar-refractivity contribution in [3.63, 3.8) is 0 Å². The van der Waals surface area contributed by atoms with E-state index in [0.717, 1.165) is 48.7 Å². The monoisotopic (exact) mass is 387 g/mol. The largest absolute Gasteiger partial charge is 0.397 e. The van der Waals surface area contributed by atoms with Gasteiger partial charge in [-0.25, -0.2) is 5.84 Å². The molecule has 1 aliphatic heterocycles. The van der Waals surface area contributed by atoms with Crippen LogP contribution < -0.4 is 21.5 Å². The van der Waals surface area contributed by atoms with E-state index >= 15 is 0 Å². The molecular formula is C24H29N5. The highest BCUT2D eigenvalue weighted by Gasteiger charge is 2.23. The number of likely N-dealkylation sites (N-methyl/N-ethyl adjacent to an activating group) is 1. The molecule has 150 valence electrons. The molecule has 4 N–H and O–H groups in total. The molecule has 0 atom stereocenters. The minimum Gasteiger partial charge on any atom is -0.397 e. The summed E-state index contributed by atoms with van der Waals surface area (Å²) in [7, 11) is 2.16. The zero-order valence-corrected chi connectivity index (χ0v) is 16.9. The number of nitrogens with two attached hydrogens (primary N) is 2. The molecule has 1 saturated heterocycles. The highest BCUT2D eigenvalue weighted by molar-refractivity contribution is 5.74. The maximum absolute atomic E-state index is 6.75. The molecule has 0 bridgehead atoms. The average Bonchev–Trinajstić information content (AvgIpc) is 2.76. The number of rotatable bonds is 5. The molecule has 0 aliphatic carbocycles. The van der Waals surface area contributed by atoms with Gasteiger partial charge in [0.1, 0.15) is 0 Å². The van der Waals surface area contributed by atoms with Crippen LogP contribution >= 0.6 is 0 Å². The number of hydrogen-bond donors (Lipinski definition) is 2. The van der Waals surface area contributed by atoms with Crippen molar-refractivity contribution in [2.45, 2.75) is 6.04 Å². The number of hydrazine groups is 1. The molecular weight excluding hydrogens is 358 g/mol. The molecule has 1 aliphatic rings. The van der Waals surface area contributed by atoms with E-state index in [2.05, 4.69) is 53.2 Å². The fraction of sp³-hybridized carbons (Fsp3) is 0.250. The lowest BCUT2D eigenvalue weighted by molar-refractivity contribution is 0.313. The lowest BCUT2D eigenvalue weighted by Gasteiger charge is -2.36. The summed E-state index contributed by atoms with van der Waals surface area (Å²) in [4.78, 5) is 4.75. The fourth-order valence-electron chi connectivity index (χ4n) is 3.94. The molecule has 5 heteroatoms. The Morgan fingerprint density at radius 2 is 1.34 bits per heavy atom. The quantitative estimate of drug-likeness (QED) is 0.399. The van der Waals surface area contributed by atoms with Crippen LogP contribution in [-0.4, -0.2) is 38.1 Å². The summed E-state index contributed by atoms with van der Waals surface area (Å²) in [6.07, 6.45) is 0. The van der Waals surface area contributed by atoms with Crippen molar-refractivity contribution in [3.8, 4) is 0 Å². The maximum Gasteiger partial charge on any atom is 0.0953 e. The van der Waals surface area contributed by atoms with Gasteiger partial charge in [-0.1, -0.05) is 60.7 Å². The molecule has 0 radical (unpaired) electrons. The molecule has 29 heavy (non-hydrogen) atoms. The van der Waals surface area contributed by atoms with Gasteiger partial charge in [0.05, 0.1) is 17.4 Å². The Labute approximate surface area is 173 Å². The number of nitrogen functional groups attached to an aromatic ring is 1. The van der Waals surface area contributed by atoms with Crippen LogP contribution in [0.15, 0.2) is 78.9 Å². The summed E-state index contributed by atoms with van der Waals surface area (Å²) in [5.41, 5.74) is 11.3. The number of anilines is 3. The highest BCUT2D eigenvalue weighted by Crippen LogP contribution is 2.35. The van der Waals surface area contributed by atoms with E-state index in [1.54, 1.807) is 5.01 Å². The predicted molar refractivity (Wildman–Crippen MR) is 122 cm³/mol. The first kappa shape index (κ1) is 19.3. The second kappa shape index (κ2) is 8.55. The molecule has 1 heterocycles. The Morgan fingerprint density at radius 1 is 0.793 bits per heavy atom. The van der Waals surface area contributed by atoms with Crippen LogP contribution in [0.1, 0.15) is 17.2 Å². The van der Waals surface area contributed by atoms with Gasteiger partial charge in [-0.15, -0.1) is 0 Å². The first-order chi connectivity index (χ1) is 14.1. The van der Waals surface area contributed by atoms with E-state index in [1.807, 2.05) is 42.5 Å². The summed E-state index contributed by atoms with van der Waals surface area (Å²) in [5, 5.41) is 1.81. The van der Waals surface area contributed by atoms with Gasteiger partial charge in [-0.05, 0) is 36.4 Å². The van der Waals surface area contributed by atoms with Crippen LogP contribution in [-0.2, 0) is 0 Å². The van der Waals surface area contributed by atoms with Crippen molar-refractivity contribution in [1.29, 1.82) is 0 Å². The minimum absolute atomic E-state index is 0.123. The molecule has 3 aromatic carbocycles. The van der Waals surface area contributed by atoms with Crippen molar-refractivity contribution in [2.75, 3.05) is 48.9 Å². The fourth-order valence-corrected chi connectivity index (χ4v) is 3.94. The second-order valence-corrected chi connectivity index (χ2v) is 7.66. The zero-order valence-electron chi connectivity index (χ0n) is 16.9. The summed E-state index contributed by atoms with van der Waals surface area (Å²) in [6.45, 7) is 4.13. The maximum atomic E-state index is 6.75. The number of hydrogen-bond acceptors (Lipinski definition) is 5. The van der Waals surface area contributed by atoms with Gasteiger partial charge in [-0.2, -0.15) is 0 Å². The topological polar surface area (TPSA) is 61.8 Å². The molecule has 5 nitrogen and oxygen atoms in total. The molecule has 1 fully saturated rings. The Balaban J connectivity index is 1.71. The Kier molecular flexibility index (Phi) is 5.69. The summed E-state index contributed by atoms with van der Waals surface area (Å²) >= 11 is 0. The number of benzene rings is 3. The lowest BCUT2D eigenvalue weighted by atomic mass is 9.97. The zero-order chi connectivity index (χ0) is 20.2. The van der Waals surface area contributed by atoms with Crippen LogP contribution in [0.3, 0.4) is 0 Å². The number of piperazine rings is 1. The normalized spacial score (nSPS) is 14.9. The molecule has 0 unspecified atom stereocenters. The first-order valence-electron chi connectivity index (χ1n) is 10.1. The molecule has 0 aromatic heterocycles. The van der Waals surface area contributed by atoms with Gasteiger partial charge in [0.2, 0.25) is 0 Å². The van der Waals surface area contributed by atoms with E-state index < -0.39 is 0 Å². The van der Waals surface area contributed by atoms with E-state index in [0.29, 0.717) is 5.69 Å².